The Labute approximate surface area is 123 Å². The minimum Gasteiger partial charge on any atom is -0.480 e. The maximum absolute atomic E-state index is 10.8. The average molecular weight is 302 g/mol. The number of tetrazole rings is 1. The van der Waals surface area contributed by atoms with E-state index in [1.54, 1.807) is 0 Å². The highest BCUT2D eigenvalue weighted by Crippen LogP contribution is 2.30. The van der Waals surface area contributed by atoms with Crippen LogP contribution in [0.3, 0.4) is 0 Å². The van der Waals surface area contributed by atoms with Gasteiger partial charge in [-0.05, 0) is 29.1 Å². The number of aliphatic carboxylic acids is 1. The number of carboxylic acids is 1. The van der Waals surface area contributed by atoms with E-state index in [1.165, 1.54) is 16.4 Å². The van der Waals surface area contributed by atoms with Crippen LogP contribution in [0, 0.1) is 6.92 Å². The van der Waals surface area contributed by atoms with E-state index in [2.05, 4.69) is 25.7 Å². The average Bonchev–Trinajstić information content (AvgIpc) is 2.89. The van der Waals surface area contributed by atoms with Crippen LogP contribution < -0.4 is 0 Å². The second kappa shape index (κ2) is 5.44. The third-order valence-corrected chi connectivity index (χ3v) is 3.78. The summed E-state index contributed by atoms with van der Waals surface area (Å²) in [7, 11) is 0. The molecule has 1 aromatic carbocycles. The highest BCUT2D eigenvalue weighted by Gasteiger charge is 2.14. The van der Waals surface area contributed by atoms with Crippen LogP contribution in [0.25, 0.3) is 10.8 Å². The first-order valence-corrected chi connectivity index (χ1v) is 6.84. The van der Waals surface area contributed by atoms with E-state index in [0.29, 0.717) is 10.2 Å². The molecule has 0 fully saturated rings. The van der Waals surface area contributed by atoms with Crippen LogP contribution in [0.4, 0.5) is 0 Å². The quantitative estimate of drug-likeness (QED) is 0.765. The molecule has 3 aromatic rings. The molecule has 0 bridgehead atoms. The van der Waals surface area contributed by atoms with Crippen molar-refractivity contribution in [1.29, 1.82) is 0 Å². The fourth-order valence-electron chi connectivity index (χ4n) is 1.87. The maximum Gasteiger partial charge on any atom is 0.325 e. The summed E-state index contributed by atoms with van der Waals surface area (Å²) >= 11 is 1.19. The zero-order valence-corrected chi connectivity index (χ0v) is 11.8. The summed E-state index contributed by atoms with van der Waals surface area (Å²) in [6.07, 6.45) is 0. The number of rotatable bonds is 4. The maximum atomic E-state index is 10.8. The molecule has 1 N–H and O–H groups in total. The number of hydrogen-bond donors (Lipinski definition) is 1. The number of fused-ring (bicyclic) bond motifs is 1. The van der Waals surface area contributed by atoms with E-state index in [0.717, 1.165) is 16.5 Å². The molecular weight excluding hydrogens is 292 g/mol. The molecule has 0 aliphatic carbocycles. The van der Waals surface area contributed by atoms with Crippen LogP contribution in [-0.2, 0) is 11.3 Å². The van der Waals surface area contributed by atoms with Crippen molar-refractivity contribution < 1.29 is 9.90 Å². The Balaban J connectivity index is 2.01. The normalized spacial score (nSPS) is 10.9. The van der Waals surface area contributed by atoms with E-state index >= 15 is 0 Å². The van der Waals surface area contributed by atoms with Gasteiger partial charge in [-0.3, -0.25) is 4.79 Å². The van der Waals surface area contributed by atoms with Crippen molar-refractivity contribution in [3.63, 3.8) is 0 Å². The SMILES string of the molecule is Cc1nnc(Sc2nnnn2CC(=O)O)c2ccccc12. The number of carbonyl (C=O) groups is 1. The Kier molecular flexibility index (Phi) is 3.48. The fraction of sp³-hybridized carbons (Fsp3) is 0.167. The second-order valence-electron chi connectivity index (χ2n) is 4.25. The summed E-state index contributed by atoms with van der Waals surface area (Å²) in [4.78, 5) is 10.8. The van der Waals surface area contributed by atoms with Crippen LogP contribution in [0.2, 0.25) is 0 Å². The van der Waals surface area contributed by atoms with Crippen molar-refractivity contribution >= 4 is 28.5 Å². The topological polar surface area (TPSA) is 107 Å². The third-order valence-electron chi connectivity index (χ3n) is 2.81. The van der Waals surface area contributed by atoms with Gasteiger partial charge in [0, 0.05) is 10.8 Å². The van der Waals surface area contributed by atoms with Crippen LogP contribution in [0.5, 0.6) is 0 Å². The van der Waals surface area contributed by atoms with Crippen molar-refractivity contribution in [1.82, 2.24) is 30.4 Å². The minimum atomic E-state index is -1.01. The van der Waals surface area contributed by atoms with E-state index in [9.17, 15) is 4.79 Å². The summed E-state index contributed by atoms with van der Waals surface area (Å²) < 4.78 is 1.21. The number of aryl methyl sites for hydroxylation is 1. The molecule has 3 rings (SSSR count). The summed E-state index contributed by atoms with van der Waals surface area (Å²) in [6.45, 7) is 1.59. The van der Waals surface area contributed by atoms with Gasteiger partial charge < -0.3 is 5.11 Å². The highest BCUT2D eigenvalue weighted by atomic mass is 32.2. The van der Waals surface area contributed by atoms with Gasteiger partial charge in [0.25, 0.3) is 0 Å². The van der Waals surface area contributed by atoms with Gasteiger partial charge in [0.15, 0.2) is 0 Å². The van der Waals surface area contributed by atoms with Gasteiger partial charge in [0.1, 0.15) is 11.6 Å². The molecule has 21 heavy (non-hydrogen) atoms. The van der Waals surface area contributed by atoms with Gasteiger partial charge in [0.2, 0.25) is 5.16 Å². The standard InChI is InChI=1S/C12H10N6O2S/c1-7-8-4-2-3-5-9(8)11(14-13-7)21-12-15-16-17-18(12)6-10(19)20/h2-5H,6H2,1H3,(H,19,20). The van der Waals surface area contributed by atoms with Crippen molar-refractivity contribution in [2.45, 2.75) is 23.7 Å². The molecule has 0 spiro atoms. The molecule has 0 radical (unpaired) electrons. The molecule has 9 heteroatoms. The fourth-order valence-corrected chi connectivity index (χ4v) is 2.70. The lowest BCUT2D eigenvalue weighted by molar-refractivity contribution is -0.138. The predicted octanol–water partition coefficient (Wildman–Crippen LogP) is 1.16. The number of nitrogens with zero attached hydrogens (tertiary/aromatic N) is 6. The zero-order chi connectivity index (χ0) is 14.8. The first-order chi connectivity index (χ1) is 10.1. The number of aromatic nitrogens is 6. The first kappa shape index (κ1) is 13.4. The molecule has 0 amide bonds. The lowest BCUT2D eigenvalue weighted by Gasteiger charge is -2.05. The predicted molar refractivity (Wildman–Crippen MR) is 73.9 cm³/mol. The van der Waals surface area contributed by atoms with Gasteiger partial charge in [0.05, 0.1) is 5.69 Å². The Morgan fingerprint density at radius 3 is 2.76 bits per heavy atom. The summed E-state index contributed by atoms with van der Waals surface area (Å²) in [5.74, 6) is -1.01. The lowest BCUT2D eigenvalue weighted by Crippen LogP contribution is -2.11. The molecule has 0 unspecified atom stereocenters. The largest absolute Gasteiger partial charge is 0.480 e. The summed E-state index contributed by atoms with van der Waals surface area (Å²) in [5.41, 5.74) is 0.833. The highest BCUT2D eigenvalue weighted by molar-refractivity contribution is 7.99. The van der Waals surface area contributed by atoms with E-state index < -0.39 is 5.97 Å². The smallest absolute Gasteiger partial charge is 0.325 e. The molecule has 0 saturated carbocycles. The Bertz CT molecular complexity index is 818. The molecular formula is C12H10N6O2S. The van der Waals surface area contributed by atoms with Gasteiger partial charge in [-0.25, -0.2) is 4.68 Å². The number of hydrogen-bond acceptors (Lipinski definition) is 7. The molecule has 2 heterocycles. The van der Waals surface area contributed by atoms with Crippen LogP contribution >= 0.6 is 11.8 Å². The summed E-state index contributed by atoms with van der Waals surface area (Å²) in [5, 5.41) is 31.0. The van der Waals surface area contributed by atoms with E-state index in [-0.39, 0.29) is 6.54 Å². The van der Waals surface area contributed by atoms with Crippen LogP contribution in [0.15, 0.2) is 34.4 Å². The van der Waals surface area contributed by atoms with Gasteiger partial charge in [-0.2, -0.15) is 5.10 Å². The first-order valence-electron chi connectivity index (χ1n) is 6.03. The lowest BCUT2D eigenvalue weighted by atomic mass is 10.1. The Morgan fingerprint density at radius 2 is 2.00 bits per heavy atom. The number of carboxylic acid groups (broad SMARTS) is 1. The molecule has 8 nitrogen and oxygen atoms in total. The number of benzene rings is 1. The van der Waals surface area contributed by atoms with Gasteiger partial charge >= 0.3 is 5.97 Å². The van der Waals surface area contributed by atoms with Crippen molar-refractivity contribution in [2.75, 3.05) is 0 Å². The zero-order valence-electron chi connectivity index (χ0n) is 11.0. The summed E-state index contributed by atoms with van der Waals surface area (Å²) in [6, 6.07) is 7.74. The minimum absolute atomic E-state index is 0.299. The van der Waals surface area contributed by atoms with Gasteiger partial charge in [-0.15, -0.1) is 10.2 Å². The van der Waals surface area contributed by atoms with Crippen molar-refractivity contribution in [3.8, 4) is 0 Å². The third kappa shape index (κ3) is 2.68. The van der Waals surface area contributed by atoms with Crippen LogP contribution in [0.1, 0.15) is 5.69 Å². The molecule has 0 atom stereocenters. The van der Waals surface area contributed by atoms with Crippen molar-refractivity contribution in [3.05, 3.63) is 30.0 Å². The Hall–Kier alpha value is -2.55. The molecule has 0 aliphatic heterocycles. The monoisotopic (exact) mass is 302 g/mol. The van der Waals surface area contributed by atoms with Crippen molar-refractivity contribution in [2.24, 2.45) is 0 Å². The molecule has 0 aliphatic rings. The van der Waals surface area contributed by atoms with E-state index in [1.807, 2.05) is 31.2 Å². The molecule has 106 valence electrons. The van der Waals surface area contributed by atoms with Gasteiger partial charge in [-0.1, -0.05) is 24.3 Å². The molecule has 2 aromatic heterocycles. The van der Waals surface area contributed by atoms with E-state index in [4.69, 9.17) is 5.11 Å². The second-order valence-corrected chi connectivity index (χ2v) is 5.21. The Morgan fingerprint density at radius 1 is 1.24 bits per heavy atom. The molecule has 0 saturated heterocycles. The van der Waals surface area contributed by atoms with Crippen LogP contribution in [-0.4, -0.2) is 41.5 Å².